The summed E-state index contributed by atoms with van der Waals surface area (Å²) in [5, 5.41) is 7.21. The number of H-pyrrole nitrogens is 1. The van der Waals surface area contributed by atoms with E-state index < -0.39 is 29.8 Å². The summed E-state index contributed by atoms with van der Waals surface area (Å²) in [6.07, 6.45) is -4.75. The molecular formula is C15H14F3N5O3. The van der Waals surface area contributed by atoms with Crippen LogP contribution in [-0.2, 0) is 15.8 Å². The molecule has 26 heavy (non-hydrogen) atoms. The SMILES string of the molecule is COc1ccc(N2C[C@@H](C(=O)Nc3n[nH]c(C(F)(F)F)n3)CC2=O)cc1. The summed E-state index contributed by atoms with van der Waals surface area (Å²) in [6.45, 7) is 0.105. The van der Waals surface area contributed by atoms with Crippen molar-refractivity contribution in [2.45, 2.75) is 12.6 Å². The Hall–Kier alpha value is -3.11. The number of rotatable bonds is 4. The molecule has 8 nitrogen and oxygen atoms in total. The van der Waals surface area contributed by atoms with E-state index in [1.165, 1.54) is 12.0 Å². The number of aromatic nitrogens is 3. The van der Waals surface area contributed by atoms with Crippen LogP contribution < -0.4 is 15.0 Å². The molecule has 1 fully saturated rings. The number of carbonyl (C=O) groups is 2. The molecule has 0 spiro atoms. The molecule has 1 saturated heterocycles. The highest BCUT2D eigenvalue weighted by atomic mass is 19.4. The van der Waals surface area contributed by atoms with Gasteiger partial charge in [0.1, 0.15) is 5.75 Å². The standard InChI is InChI=1S/C15H14F3N5O3/c1-26-10-4-2-9(3-5-10)23-7-8(6-11(23)24)12(25)19-14-20-13(21-22-14)15(16,17)18/h2-5,8H,6-7H2,1H3,(H2,19,20,21,22,25)/t8-/m0/s1. The van der Waals surface area contributed by atoms with E-state index in [1.807, 2.05) is 0 Å². The summed E-state index contributed by atoms with van der Waals surface area (Å²) in [5.41, 5.74) is 0.600. The number of hydrogen-bond donors (Lipinski definition) is 2. The molecule has 11 heteroatoms. The van der Waals surface area contributed by atoms with Gasteiger partial charge in [0.2, 0.25) is 23.6 Å². The fraction of sp³-hybridized carbons (Fsp3) is 0.333. The molecule has 1 aliphatic heterocycles. The molecule has 1 atom stereocenters. The van der Waals surface area contributed by atoms with Crippen LogP contribution in [0.2, 0.25) is 0 Å². The number of hydrogen-bond acceptors (Lipinski definition) is 5. The second-order valence-electron chi connectivity index (χ2n) is 5.60. The van der Waals surface area contributed by atoms with Crippen LogP contribution in [0.4, 0.5) is 24.8 Å². The summed E-state index contributed by atoms with van der Waals surface area (Å²) in [7, 11) is 1.52. The summed E-state index contributed by atoms with van der Waals surface area (Å²) < 4.78 is 42.5. The van der Waals surface area contributed by atoms with E-state index in [-0.39, 0.29) is 18.9 Å². The van der Waals surface area contributed by atoms with Gasteiger partial charge in [-0.25, -0.2) is 0 Å². The Morgan fingerprint density at radius 2 is 2.04 bits per heavy atom. The Balaban J connectivity index is 1.65. The van der Waals surface area contributed by atoms with Crippen molar-refractivity contribution in [2.24, 2.45) is 5.92 Å². The topological polar surface area (TPSA) is 100 Å². The molecule has 1 aliphatic rings. The maximum absolute atomic E-state index is 12.5. The van der Waals surface area contributed by atoms with Gasteiger partial charge < -0.3 is 9.64 Å². The summed E-state index contributed by atoms with van der Waals surface area (Å²) in [6, 6.07) is 6.73. The molecule has 1 aromatic carbocycles. The molecule has 0 radical (unpaired) electrons. The molecule has 1 aromatic heterocycles. The molecule has 0 saturated carbocycles. The minimum Gasteiger partial charge on any atom is -0.497 e. The molecular weight excluding hydrogens is 355 g/mol. The van der Waals surface area contributed by atoms with Gasteiger partial charge >= 0.3 is 6.18 Å². The van der Waals surface area contributed by atoms with Crippen molar-refractivity contribution in [1.82, 2.24) is 15.2 Å². The average Bonchev–Trinajstić information content (AvgIpc) is 3.21. The summed E-state index contributed by atoms with van der Waals surface area (Å²) in [4.78, 5) is 29.0. The molecule has 2 amide bonds. The molecule has 0 unspecified atom stereocenters. The number of nitrogens with one attached hydrogen (secondary N) is 2. The predicted octanol–water partition coefficient (Wildman–Crippen LogP) is 1.82. The fourth-order valence-corrected chi connectivity index (χ4v) is 2.55. The van der Waals surface area contributed by atoms with Crippen LogP contribution in [-0.4, -0.2) is 40.7 Å². The van der Waals surface area contributed by atoms with Gasteiger partial charge in [0, 0.05) is 18.7 Å². The van der Waals surface area contributed by atoms with Crippen molar-refractivity contribution >= 4 is 23.5 Å². The number of amides is 2. The van der Waals surface area contributed by atoms with E-state index in [0.717, 1.165) is 0 Å². The van der Waals surface area contributed by atoms with E-state index in [4.69, 9.17) is 4.74 Å². The van der Waals surface area contributed by atoms with Crippen LogP contribution in [0.1, 0.15) is 12.2 Å². The van der Waals surface area contributed by atoms with Gasteiger partial charge in [0.05, 0.1) is 13.0 Å². The number of carbonyl (C=O) groups excluding carboxylic acids is 2. The van der Waals surface area contributed by atoms with Crippen LogP contribution in [0.3, 0.4) is 0 Å². The van der Waals surface area contributed by atoms with Gasteiger partial charge in [-0.15, -0.1) is 5.10 Å². The number of ether oxygens (including phenoxy) is 1. The number of benzene rings is 1. The fourth-order valence-electron chi connectivity index (χ4n) is 2.55. The Bertz CT molecular complexity index is 819. The van der Waals surface area contributed by atoms with Crippen LogP contribution in [0.15, 0.2) is 24.3 Å². The van der Waals surface area contributed by atoms with E-state index in [2.05, 4.69) is 15.4 Å². The molecule has 3 rings (SSSR count). The zero-order valence-electron chi connectivity index (χ0n) is 13.5. The first-order chi connectivity index (χ1) is 12.3. The average molecular weight is 369 g/mol. The number of methoxy groups -OCH3 is 1. The predicted molar refractivity (Wildman–Crippen MR) is 83.5 cm³/mol. The number of alkyl halides is 3. The van der Waals surface area contributed by atoms with Crippen molar-refractivity contribution in [2.75, 3.05) is 23.9 Å². The van der Waals surface area contributed by atoms with Crippen LogP contribution >= 0.6 is 0 Å². The molecule has 2 aromatic rings. The second kappa shape index (κ2) is 6.65. The zero-order valence-corrected chi connectivity index (χ0v) is 13.5. The minimum atomic E-state index is -4.69. The largest absolute Gasteiger partial charge is 0.497 e. The summed E-state index contributed by atoms with van der Waals surface area (Å²) in [5.74, 6) is -2.78. The lowest BCUT2D eigenvalue weighted by molar-refractivity contribution is -0.144. The Morgan fingerprint density at radius 1 is 1.35 bits per heavy atom. The molecule has 138 valence electrons. The van der Waals surface area contributed by atoms with Crippen LogP contribution in [0.5, 0.6) is 5.75 Å². The molecule has 2 N–H and O–H groups in total. The molecule has 0 aliphatic carbocycles. The third-order valence-corrected chi connectivity index (χ3v) is 3.87. The zero-order chi connectivity index (χ0) is 18.9. The van der Waals surface area contributed by atoms with E-state index in [9.17, 15) is 22.8 Å². The monoisotopic (exact) mass is 369 g/mol. The summed E-state index contributed by atoms with van der Waals surface area (Å²) >= 11 is 0. The minimum absolute atomic E-state index is 0.0611. The second-order valence-corrected chi connectivity index (χ2v) is 5.60. The quantitative estimate of drug-likeness (QED) is 0.856. The van der Waals surface area contributed by atoms with Gasteiger partial charge in [-0.3, -0.25) is 20.0 Å². The Kier molecular flexibility index (Phi) is 4.53. The molecule has 0 bridgehead atoms. The van der Waals surface area contributed by atoms with Gasteiger partial charge in [0.25, 0.3) is 0 Å². The van der Waals surface area contributed by atoms with E-state index in [1.54, 1.807) is 29.4 Å². The maximum Gasteiger partial charge on any atom is 0.451 e. The van der Waals surface area contributed by atoms with Crippen molar-refractivity contribution in [1.29, 1.82) is 0 Å². The number of aromatic amines is 1. The third kappa shape index (κ3) is 3.60. The normalized spacial score (nSPS) is 17.5. The molecule has 2 heterocycles. The Labute approximate surface area is 145 Å². The highest BCUT2D eigenvalue weighted by molar-refractivity contribution is 6.03. The highest BCUT2D eigenvalue weighted by Gasteiger charge is 2.37. The lowest BCUT2D eigenvalue weighted by Gasteiger charge is -2.16. The van der Waals surface area contributed by atoms with Gasteiger partial charge in [-0.05, 0) is 24.3 Å². The highest BCUT2D eigenvalue weighted by Crippen LogP contribution is 2.28. The van der Waals surface area contributed by atoms with Gasteiger partial charge in [-0.2, -0.15) is 18.2 Å². The lowest BCUT2D eigenvalue weighted by Crippen LogP contribution is -2.28. The van der Waals surface area contributed by atoms with Crippen molar-refractivity contribution in [3.05, 3.63) is 30.1 Å². The van der Waals surface area contributed by atoms with Crippen molar-refractivity contribution in [3.63, 3.8) is 0 Å². The maximum atomic E-state index is 12.5. The van der Waals surface area contributed by atoms with Gasteiger partial charge in [-0.1, -0.05) is 0 Å². The van der Waals surface area contributed by atoms with Crippen LogP contribution in [0.25, 0.3) is 0 Å². The van der Waals surface area contributed by atoms with Crippen molar-refractivity contribution in [3.8, 4) is 5.75 Å². The third-order valence-electron chi connectivity index (χ3n) is 3.87. The first-order valence-electron chi connectivity index (χ1n) is 7.53. The number of halogens is 3. The smallest absolute Gasteiger partial charge is 0.451 e. The first kappa shape index (κ1) is 17.7. The van der Waals surface area contributed by atoms with E-state index >= 15 is 0 Å². The van der Waals surface area contributed by atoms with Gasteiger partial charge in [0.15, 0.2) is 0 Å². The van der Waals surface area contributed by atoms with E-state index in [0.29, 0.717) is 11.4 Å². The number of anilines is 2. The first-order valence-corrected chi connectivity index (χ1v) is 7.53. The lowest BCUT2D eigenvalue weighted by atomic mass is 10.1. The van der Waals surface area contributed by atoms with Crippen molar-refractivity contribution < 1.29 is 27.5 Å². The van der Waals surface area contributed by atoms with Crippen LogP contribution in [0, 0.1) is 5.92 Å². The Morgan fingerprint density at radius 3 is 2.62 bits per heavy atom. The number of nitrogens with zero attached hydrogens (tertiary/aromatic N) is 3.